The molecule has 1 aliphatic rings. The molecular formula is C15H17BrO2. The van der Waals surface area contributed by atoms with Crippen LogP contribution in [0.3, 0.4) is 0 Å². The molecule has 0 amide bonds. The first-order valence-electron chi connectivity index (χ1n) is 6.31. The molecule has 3 heteroatoms. The summed E-state index contributed by atoms with van der Waals surface area (Å²) >= 11 is 3.39. The summed E-state index contributed by atoms with van der Waals surface area (Å²) < 4.78 is 1.02. The second kappa shape index (κ2) is 6.19. The van der Waals surface area contributed by atoms with E-state index >= 15 is 0 Å². The molecule has 2 nitrogen and oxygen atoms in total. The largest absolute Gasteiger partial charge is 0.481 e. The third-order valence-electron chi connectivity index (χ3n) is 3.49. The molecule has 96 valence electrons. The van der Waals surface area contributed by atoms with Crippen LogP contribution in [0.5, 0.6) is 0 Å². The van der Waals surface area contributed by atoms with Crippen molar-refractivity contribution >= 4 is 21.9 Å². The predicted octanol–water partition coefficient (Wildman–Crippen LogP) is 4.05. The zero-order valence-corrected chi connectivity index (χ0v) is 11.8. The van der Waals surface area contributed by atoms with Gasteiger partial charge in [0.1, 0.15) is 0 Å². The minimum atomic E-state index is -0.686. The van der Waals surface area contributed by atoms with E-state index in [2.05, 4.69) is 28.1 Å². The number of allylic oxidation sites excluding steroid dienone is 2. The quantitative estimate of drug-likeness (QED) is 0.852. The number of rotatable bonds is 4. The maximum atomic E-state index is 11.4. The SMILES string of the molecule is O=C(O)C(Cc1ccc(Br)cc1)C1C=CCCC1. The highest BCUT2D eigenvalue weighted by atomic mass is 79.9. The van der Waals surface area contributed by atoms with E-state index < -0.39 is 5.97 Å². The van der Waals surface area contributed by atoms with E-state index in [9.17, 15) is 9.90 Å². The van der Waals surface area contributed by atoms with Crippen LogP contribution in [0, 0.1) is 11.8 Å². The van der Waals surface area contributed by atoms with Gasteiger partial charge in [-0.2, -0.15) is 0 Å². The van der Waals surface area contributed by atoms with Crippen molar-refractivity contribution < 1.29 is 9.90 Å². The molecule has 2 atom stereocenters. The molecule has 0 radical (unpaired) electrons. The average Bonchev–Trinajstić information content (AvgIpc) is 2.38. The molecule has 2 unspecified atom stereocenters. The molecule has 1 aromatic rings. The summed E-state index contributed by atoms with van der Waals surface area (Å²) in [7, 11) is 0. The number of hydrogen-bond acceptors (Lipinski definition) is 1. The van der Waals surface area contributed by atoms with Gasteiger partial charge in [0.05, 0.1) is 5.92 Å². The van der Waals surface area contributed by atoms with Crippen LogP contribution in [-0.2, 0) is 11.2 Å². The van der Waals surface area contributed by atoms with Gasteiger partial charge in [0, 0.05) is 4.47 Å². The van der Waals surface area contributed by atoms with E-state index in [1.165, 1.54) is 0 Å². The summed E-state index contributed by atoms with van der Waals surface area (Å²) in [5.74, 6) is -0.808. The molecule has 18 heavy (non-hydrogen) atoms. The summed E-state index contributed by atoms with van der Waals surface area (Å²) in [6, 6.07) is 7.91. The van der Waals surface area contributed by atoms with Crippen LogP contribution in [0.1, 0.15) is 24.8 Å². The molecule has 1 aromatic carbocycles. The maximum Gasteiger partial charge on any atom is 0.307 e. The summed E-state index contributed by atoms with van der Waals surface area (Å²) in [5.41, 5.74) is 1.09. The van der Waals surface area contributed by atoms with Crippen molar-refractivity contribution in [2.45, 2.75) is 25.7 Å². The van der Waals surface area contributed by atoms with Crippen LogP contribution in [0.2, 0.25) is 0 Å². The number of benzene rings is 1. The Morgan fingerprint density at radius 1 is 1.39 bits per heavy atom. The molecule has 2 rings (SSSR count). The van der Waals surface area contributed by atoms with Crippen molar-refractivity contribution in [3.63, 3.8) is 0 Å². The van der Waals surface area contributed by atoms with E-state index in [0.29, 0.717) is 6.42 Å². The first kappa shape index (κ1) is 13.3. The normalized spacial score (nSPS) is 20.6. The number of aliphatic carboxylic acids is 1. The summed E-state index contributed by atoms with van der Waals surface area (Å²) in [4.78, 5) is 11.4. The van der Waals surface area contributed by atoms with E-state index in [1.807, 2.05) is 24.3 Å². The van der Waals surface area contributed by atoms with Gasteiger partial charge in [-0.15, -0.1) is 0 Å². The Morgan fingerprint density at radius 3 is 2.67 bits per heavy atom. The number of halogens is 1. The third-order valence-corrected chi connectivity index (χ3v) is 4.02. The van der Waals surface area contributed by atoms with Gasteiger partial charge in [0.2, 0.25) is 0 Å². The van der Waals surface area contributed by atoms with Crippen LogP contribution in [0.25, 0.3) is 0 Å². The zero-order chi connectivity index (χ0) is 13.0. The maximum absolute atomic E-state index is 11.4. The van der Waals surface area contributed by atoms with E-state index in [0.717, 1.165) is 29.3 Å². The Bertz CT molecular complexity index is 436. The minimum absolute atomic E-state index is 0.180. The third kappa shape index (κ3) is 3.45. The topological polar surface area (TPSA) is 37.3 Å². The van der Waals surface area contributed by atoms with Crippen molar-refractivity contribution in [2.24, 2.45) is 11.8 Å². The lowest BCUT2D eigenvalue weighted by Gasteiger charge is -2.23. The first-order chi connectivity index (χ1) is 8.66. The highest BCUT2D eigenvalue weighted by Gasteiger charge is 2.27. The molecule has 0 fully saturated rings. The van der Waals surface area contributed by atoms with Crippen molar-refractivity contribution in [1.82, 2.24) is 0 Å². The van der Waals surface area contributed by atoms with Crippen LogP contribution in [-0.4, -0.2) is 11.1 Å². The van der Waals surface area contributed by atoms with Gasteiger partial charge in [-0.25, -0.2) is 0 Å². The molecule has 0 saturated carbocycles. The van der Waals surface area contributed by atoms with Crippen LogP contribution < -0.4 is 0 Å². The van der Waals surface area contributed by atoms with Gasteiger partial charge < -0.3 is 5.11 Å². The Morgan fingerprint density at radius 2 is 2.11 bits per heavy atom. The number of carboxylic acids is 1. The Labute approximate surface area is 116 Å². The summed E-state index contributed by atoms with van der Waals surface area (Å²) in [6.07, 6.45) is 7.99. The molecule has 0 bridgehead atoms. The van der Waals surface area contributed by atoms with Gasteiger partial charge >= 0.3 is 5.97 Å². The number of hydrogen-bond donors (Lipinski definition) is 1. The lowest BCUT2D eigenvalue weighted by atomic mass is 9.81. The van der Waals surface area contributed by atoms with Crippen molar-refractivity contribution in [3.05, 3.63) is 46.5 Å². The van der Waals surface area contributed by atoms with Gasteiger partial charge in [0.15, 0.2) is 0 Å². The Balaban J connectivity index is 2.10. The second-order valence-electron chi connectivity index (χ2n) is 4.80. The molecule has 0 saturated heterocycles. The first-order valence-corrected chi connectivity index (χ1v) is 7.10. The number of carbonyl (C=O) groups is 1. The summed E-state index contributed by atoms with van der Waals surface area (Å²) in [6.45, 7) is 0. The number of carboxylic acid groups (broad SMARTS) is 1. The molecule has 1 N–H and O–H groups in total. The lowest BCUT2D eigenvalue weighted by molar-refractivity contribution is -0.143. The highest BCUT2D eigenvalue weighted by Crippen LogP contribution is 2.28. The van der Waals surface area contributed by atoms with Crippen molar-refractivity contribution in [2.75, 3.05) is 0 Å². The van der Waals surface area contributed by atoms with Crippen LogP contribution in [0.15, 0.2) is 40.9 Å². The van der Waals surface area contributed by atoms with E-state index in [1.54, 1.807) is 0 Å². The van der Waals surface area contributed by atoms with Gasteiger partial charge in [0.25, 0.3) is 0 Å². The molecule has 0 aromatic heterocycles. The van der Waals surface area contributed by atoms with E-state index in [-0.39, 0.29) is 11.8 Å². The van der Waals surface area contributed by atoms with Crippen LogP contribution in [0.4, 0.5) is 0 Å². The minimum Gasteiger partial charge on any atom is -0.481 e. The lowest BCUT2D eigenvalue weighted by Crippen LogP contribution is -2.25. The van der Waals surface area contributed by atoms with Gasteiger partial charge in [-0.05, 0) is 49.3 Å². The summed E-state index contributed by atoms with van der Waals surface area (Å²) in [5, 5.41) is 9.40. The van der Waals surface area contributed by atoms with Crippen LogP contribution >= 0.6 is 15.9 Å². The zero-order valence-electron chi connectivity index (χ0n) is 10.2. The molecule has 0 spiro atoms. The second-order valence-corrected chi connectivity index (χ2v) is 5.71. The van der Waals surface area contributed by atoms with Gasteiger partial charge in [-0.1, -0.05) is 40.2 Å². The van der Waals surface area contributed by atoms with Crippen molar-refractivity contribution in [3.8, 4) is 0 Å². The molecular weight excluding hydrogens is 292 g/mol. The predicted molar refractivity (Wildman–Crippen MR) is 75.5 cm³/mol. The highest BCUT2D eigenvalue weighted by molar-refractivity contribution is 9.10. The molecule has 0 aliphatic heterocycles. The standard InChI is InChI=1S/C15H17BrO2/c16-13-8-6-11(7-9-13)10-14(15(17)18)12-4-2-1-3-5-12/h2,4,6-9,12,14H,1,3,5,10H2,(H,17,18). The smallest absolute Gasteiger partial charge is 0.307 e. The monoisotopic (exact) mass is 308 g/mol. The van der Waals surface area contributed by atoms with Gasteiger partial charge in [-0.3, -0.25) is 4.79 Å². The fourth-order valence-corrected chi connectivity index (χ4v) is 2.73. The fourth-order valence-electron chi connectivity index (χ4n) is 2.47. The molecule has 1 aliphatic carbocycles. The fraction of sp³-hybridized carbons (Fsp3) is 0.400. The van der Waals surface area contributed by atoms with Crippen molar-refractivity contribution in [1.29, 1.82) is 0 Å². The van der Waals surface area contributed by atoms with E-state index in [4.69, 9.17) is 0 Å². The average molecular weight is 309 g/mol. The Hall–Kier alpha value is -1.09. The molecule has 0 heterocycles. The Kier molecular flexibility index (Phi) is 4.59.